The van der Waals surface area contributed by atoms with Crippen molar-refractivity contribution in [2.24, 2.45) is 0 Å². The zero-order valence-corrected chi connectivity index (χ0v) is 36.2. The molecule has 0 fully saturated rings. The molecule has 1 N–H and O–H groups in total. The summed E-state index contributed by atoms with van der Waals surface area (Å²) in [7, 11) is 0. The van der Waals surface area contributed by atoms with Gasteiger partial charge in [0.25, 0.3) is 0 Å². The highest BCUT2D eigenvalue weighted by molar-refractivity contribution is 5.94. The molecular formula is C49H64O13. The third kappa shape index (κ3) is 21.7. The van der Waals surface area contributed by atoms with Gasteiger partial charge >= 0.3 is 29.8 Å². The highest BCUT2D eigenvalue weighted by atomic mass is 16.6. The van der Waals surface area contributed by atoms with Gasteiger partial charge < -0.3 is 38.3 Å². The smallest absolute Gasteiger partial charge is 0.347 e. The molecule has 62 heavy (non-hydrogen) atoms. The standard InChI is InChI=1S/C49H64O13/c1-3-39(20-10-8-18-36-58-47(53)24-12-9-19-37-59-46(52)23-11-7-15-33-50)60-44-22-14-13-21-43(44)49(55)62-42-31-29-41(30-32-42)61-48(54)38-25-27-40(28-26-38)56-34-16-5-6-17-35-57-45(51)4-2/h4,13-14,21-22,25-32,39,50H,2-3,5-12,15-20,23-24,33-37H2,1H3. The first kappa shape index (κ1) is 50.7. The molecule has 0 radical (unpaired) electrons. The first-order chi connectivity index (χ1) is 30.2. The van der Waals surface area contributed by atoms with Crippen LogP contribution in [-0.4, -0.2) is 74.1 Å². The third-order valence-corrected chi connectivity index (χ3v) is 9.67. The zero-order valence-electron chi connectivity index (χ0n) is 36.2. The van der Waals surface area contributed by atoms with E-state index in [2.05, 4.69) is 6.58 Å². The number of benzene rings is 3. The molecule has 338 valence electrons. The van der Waals surface area contributed by atoms with Crippen LogP contribution in [0.15, 0.2) is 85.5 Å². The second-order valence-electron chi connectivity index (χ2n) is 14.7. The molecule has 0 amide bonds. The number of aliphatic hydroxyl groups excluding tert-OH is 1. The highest BCUT2D eigenvalue weighted by Crippen LogP contribution is 2.26. The van der Waals surface area contributed by atoms with Crippen molar-refractivity contribution in [2.45, 2.75) is 122 Å². The fourth-order valence-electron chi connectivity index (χ4n) is 6.11. The molecule has 3 rings (SSSR count). The fraction of sp³-hybridized carbons (Fsp3) is 0.490. The summed E-state index contributed by atoms with van der Waals surface area (Å²) in [5, 5.41) is 8.78. The Labute approximate surface area is 366 Å². The monoisotopic (exact) mass is 860 g/mol. The quantitative estimate of drug-likeness (QED) is 0.0202. The van der Waals surface area contributed by atoms with E-state index in [-0.39, 0.29) is 41.7 Å². The summed E-state index contributed by atoms with van der Waals surface area (Å²) in [6.07, 6.45) is 13.5. The van der Waals surface area contributed by atoms with E-state index in [1.165, 1.54) is 0 Å². The average Bonchev–Trinajstić information content (AvgIpc) is 3.28. The lowest BCUT2D eigenvalue weighted by atomic mass is 10.1. The molecule has 0 aliphatic rings. The Hall–Kier alpha value is -5.69. The number of carbonyl (C=O) groups is 5. The van der Waals surface area contributed by atoms with E-state index >= 15 is 0 Å². The van der Waals surface area contributed by atoms with Crippen LogP contribution in [0, 0.1) is 0 Å². The molecule has 0 aliphatic heterocycles. The molecule has 0 bridgehead atoms. The predicted octanol–water partition coefficient (Wildman–Crippen LogP) is 9.71. The van der Waals surface area contributed by atoms with Crippen LogP contribution in [0.3, 0.4) is 0 Å². The first-order valence-electron chi connectivity index (χ1n) is 22.0. The van der Waals surface area contributed by atoms with E-state index in [1.54, 1.807) is 72.8 Å². The lowest BCUT2D eigenvalue weighted by Crippen LogP contribution is -2.18. The molecule has 0 saturated carbocycles. The average molecular weight is 861 g/mol. The number of esters is 5. The third-order valence-electron chi connectivity index (χ3n) is 9.67. The maximum Gasteiger partial charge on any atom is 0.347 e. The van der Waals surface area contributed by atoms with E-state index < -0.39 is 17.9 Å². The molecule has 13 heteroatoms. The van der Waals surface area contributed by atoms with Gasteiger partial charge in [0.1, 0.15) is 28.6 Å². The molecular weight excluding hydrogens is 797 g/mol. The van der Waals surface area contributed by atoms with Gasteiger partial charge in [-0.05, 0) is 151 Å². The van der Waals surface area contributed by atoms with Crippen molar-refractivity contribution in [1.29, 1.82) is 0 Å². The summed E-state index contributed by atoms with van der Waals surface area (Å²) in [6, 6.07) is 19.8. The Balaban J connectivity index is 1.30. The van der Waals surface area contributed by atoms with Gasteiger partial charge in [-0.3, -0.25) is 9.59 Å². The summed E-state index contributed by atoms with van der Waals surface area (Å²) in [6.45, 7) is 7.14. The van der Waals surface area contributed by atoms with Crippen LogP contribution in [0.1, 0.15) is 137 Å². The fourth-order valence-corrected chi connectivity index (χ4v) is 6.11. The van der Waals surface area contributed by atoms with Gasteiger partial charge in [0.05, 0.1) is 38.1 Å². The minimum atomic E-state index is -0.583. The predicted molar refractivity (Wildman–Crippen MR) is 233 cm³/mol. The Morgan fingerprint density at radius 3 is 1.69 bits per heavy atom. The summed E-state index contributed by atoms with van der Waals surface area (Å²) in [4.78, 5) is 60.9. The number of para-hydroxylation sites is 1. The van der Waals surface area contributed by atoms with E-state index in [1.807, 2.05) is 6.92 Å². The van der Waals surface area contributed by atoms with Crippen molar-refractivity contribution in [3.63, 3.8) is 0 Å². The normalized spacial score (nSPS) is 11.2. The Morgan fingerprint density at radius 2 is 1.10 bits per heavy atom. The minimum Gasteiger partial charge on any atom is -0.494 e. The van der Waals surface area contributed by atoms with Crippen LogP contribution in [0.5, 0.6) is 23.0 Å². The molecule has 0 saturated heterocycles. The number of carbonyl (C=O) groups excluding carboxylic acids is 5. The zero-order chi connectivity index (χ0) is 44.6. The molecule has 13 nitrogen and oxygen atoms in total. The summed E-state index contributed by atoms with van der Waals surface area (Å²) < 4.78 is 38.7. The lowest BCUT2D eigenvalue weighted by Gasteiger charge is -2.19. The van der Waals surface area contributed by atoms with Crippen molar-refractivity contribution in [2.75, 3.05) is 33.0 Å². The topological polar surface area (TPSA) is 170 Å². The molecule has 0 heterocycles. The van der Waals surface area contributed by atoms with Crippen LogP contribution >= 0.6 is 0 Å². The molecule has 3 aromatic rings. The number of hydrogen-bond donors (Lipinski definition) is 1. The largest absolute Gasteiger partial charge is 0.494 e. The van der Waals surface area contributed by atoms with E-state index in [9.17, 15) is 24.0 Å². The number of hydrogen-bond acceptors (Lipinski definition) is 13. The molecule has 1 unspecified atom stereocenters. The van der Waals surface area contributed by atoms with Crippen LogP contribution in [0.2, 0.25) is 0 Å². The van der Waals surface area contributed by atoms with Gasteiger partial charge in [-0.2, -0.15) is 0 Å². The van der Waals surface area contributed by atoms with Crippen molar-refractivity contribution in [3.8, 4) is 23.0 Å². The Morgan fingerprint density at radius 1 is 0.581 bits per heavy atom. The van der Waals surface area contributed by atoms with E-state index in [4.69, 9.17) is 38.3 Å². The number of aliphatic hydroxyl groups is 1. The lowest BCUT2D eigenvalue weighted by molar-refractivity contribution is -0.145. The number of ether oxygens (including phenoxy) is 7. The molecule has 0 aliphatic carbocycles. The minimum absolute atomic E-state index is 0.126. The SMILES string of the molecule is C=CC(=O)OCCCCCCOc1ccc(C(=O)Oc2ccc(OC(=O)c3ccccc3OC(CC)CCCCCOC(=O)CCCCCOC(=O)CCCCCO)cc2)cc1. The first-order valence-corrected chi connectivity index (χ1v) is 22.0. The molecule has 3 aromatic carbocycles. The van der Waals surface area contributed by atoms with Crippen LogP contribution in [0.4, 0.5) is 0 Å². The van der Waals surface area contributed by atoms with Crippen molar-refractivity contribution < 1.29 is 62.2 Å². The maximum atomic E-state index is 13.2. The van der Waals surface area contributed by atoms with Crippen LogP contribution < -0.4 is 18.9 Å². The van der Waals surface area contributed by atoms with Crippen molar-refractivity contribution in [1.82, 2.24) is 0 Å². The maximum absolute atomic E-state index is 13.2. The Bertz CT molecular complexity index is 1770. The van der Waals surface area contributed by atoms with Gasteiger partial charge in [0.2, 0.25) is 0 Å². The number of rotatable bonds is 33. The van der Waals surface area contributed by atoms with Gasteiger partial charge in [-0.15, -0.1) is 0 Å². The second kappa shape index (κ2) is 31.2. The van der Waals surface area contributed by atoms with Gasteiger partial charge in [-0.1, -0.05) is 32.1 Å². The summed E-state index contributed by atoms with van der Waals surface area (Å²) in [5.41, 5.74) is 0.640. The molecule has 1 atom stereocenters. The summed E-state index contributed by atoms with van der Waals surface area (Å²) in [5.74, 6) is -0.362. The molecule has 0 spiro atoms. The molecule has 0 aromatic heterocycles. The van der Waals surface area contributed by atoms with Crippen molar-refractivity contribution >= 4 is 29.8 Å². The Kier molecular flexibility index (Phi) is 25.5. The van der Waals surface area contributed by atoms with Gasteiger partial charge in [0.15, 0.2) is 0 Å². The van der Waals surface area contributed by atoms with E-state index in [0.29, 0.717) is 75.6 Å². The van der Waals surface area contributed by atoms with Crippen LogP contribution in [0.25, 0.3) is 0 Å². The van der Waals surface area contributed by atoms with Crippen LogP contribution in [-0.2, 0) is 28.6 Å². The summed E-state index contributed by atoms with van der Waals surface area (Å²) >= 11 is 0. The van der Waals surface area contributed by atoms with Crippen molar-refractivity contribution in [3.05, 3.63) is 96.6 Å². The second-order valence-corrected chi connectivity index (χ2v) is 14.7. The number of unbranched alkanes of at least 4 members (excludes halogenated alkanes) is 9. The van der Waals surface area contributed by atoms with E-state index in [0.717, 1.165) is 83.1 Å². The van der Waals surface area contributed by atoms with Gasteiger partial charge in [0, 0.05) is 25.5 Å². The van der Waals surface area contributed by atoms with Gasteiger partial charge in [-0.25, -0.2) is 14.4 Å². The highest BCUT2D eigenvalue weighted by Gasteiger charge is 2.18.